The number of nitro groups is 1. The van der Waals surface area contributed by atoms with E-state index in [9.17, 15) is 19.7 Å². The summed E-state index contributed by atoms with van der Waals surface area (Å²) in [6, 6.07) is 10.8. The summed E-state index contributed by atoms with van der Waals surface area (Å²) in [6.07, 6.45) is 0. The molecule has 2 aromatic carbocycles. The highest BCUT2D eigenvalue weighted by Gasteiger charge is 2.14. The van der Waals surface area contributed by atoms with Crippen LogP contribution in [-0.2, 0) is 4.79 Å². The van der Waals surface area contributed by atoms with Crippen LogP contribution in [0.3, 0.4) is 0 Å². The van der Waals surface area contributed by atoms with Crippen molar-refractivity contribution in [2.75, 3.05) is 10.6 Å². The number of carbonyl (C=O) groups is 2. The first-order valence-corrected chi connectivity index (χ1v) is 6.81. The van der Waals surface area contributed by atoms with Crippen LogP contribution >= 0.6 is 0 Å². The molecule has 0 saturated heterocycles. The topological polar surface area (TPSA) is 101 Å². The minimum Gasteiger partial charge on any atom is -0.326 e. The van der Waals surface area contributed by atoms with E-state index >= 15 is 0 Å². The zero-order chi connectivity index (χ0) is 17.0. The van der Waals surface area contributed by atoms with Crippen molar-refractivity contribution in [3.05, 3.63) is 63.7 Å². The van der Waals surface area contributed by atoms with Crippen LogP contribution in [0, 0.1) is 17.0 Å². The van der Waals surface area contributed by atoms with Crippen molar-refractivity contribution in [1.29, 1.82) is 0 Å². The predicted molar refractivity (Wildman–Crippen MR) is 86.5 cm³/mol. The van der Waals surface area contributed by atoms with Crippen molar-refractivity contribution in [3.63, 3.8) is 0 Å². The van der Waals surface area contributed by atoms with Crippen molar-refractivity contribution < 1.29 is 14.5 Å². The average Bonchev–Trinajstić information content (AvgIpc) is 2.49. The molecule has 118 valence electrons. The molecule has 0 saturated carbocycles. The van der Waals surface area contributed by atoms with Crippen molar-refractivity contribution in [2.45, 2.75) is 13.8 Å². The van der Waals surface area contributed by atoms with E-state index in [1.165, 1.54) is 25.1 Å². The summed E-state index contributed by atoms with van der Waals surface area (Å²) in [7, 11) is 0. The normalized spacial score (nSPS) is 10.0. The second kappa shape index (κ2) is 6.69. The van der Waals surface area contributed by atoms with Gasteiger partial charge < -0.3 is 10.6 Å². The summed E-state index contributed by atoms with van der Waals surface area (Å²) in [5.74, 6) is -0.692. The van der Waals surface area contributed by atoms with Gasteiger partial charge >= 0.3 is 0 Å². The first kappa shape index (κ1) is 16.2. The van der Waals surface area contributed by atoms with E-state index in [2.05, 4.69) is 10.6 Å². The third-order valence-corrected chi connectivity index (χ3v) is 3.15. The molecule has 7 nitrogen and oxygen atoms in total. The van der Waals surface area contributed by atoms with Crippen LogP contribution in [0.5, 0.6) is 0 Å². The maximum atomic E-state index is 12.4. The van der Waals surface area contributed by atoms with Crippen molar-refractivity contribution in [1.82, 2.24) is 0 Å². The number of benzene rings is 2. The number of nitrogens with one attached hydrogen (secondary N) is 2. The zero-order valence-electron chi connectivity index (χ0n) is 12.6. The van der Waals surface area contributed by atoms with Crippen LogP contribution in [0.25, 0.3) is 0 Å². The van der Waals surface area contributed by atoms with E-state index in [0.29, 0.717) is 22.5 Å². The Bertz CT molecular complexity index is 787. The summed E-state index contributed by atoms with van der Waals surface area (Å²) in [6.45, 7) is 3.03. The number of nitrogens with zero attached hydrogens (tertiary/aromatic N) is 1. The van der Waals surface area contributed by atoms with Gasteiger partial charge in [-0.1, -0.05) is 12.1 Å². The highest BCUT2D eigenvalue weighted by Crippen LogP contribution is 2.23. The molecule has 0 atom stereocenters. The Morgan fingerprint density at radius 2 is 1.74 bits per heavy atom. The molecule has 0 unspecified atom stereocenters. The van der Waals surface area contributed by atoms with Gasteiger partial charge in [0.1, 0.15) is 0 Å². The molecule has 0 bridgehead atoms. The largest absolute Gasteiger partial charge is 0.326 e. The Morgan fingerprint density at radius 3 is 2.35 bits per heavy atom. The molecule has 0 aliphatic heterocycles. The van der Waals surface area contributed by atoms with Gasteiger partial charge in [0.2, 0.25) is 5.91 Å². The third kappa shape index (κ3) is 3.91. The monoisotopic (exact) mass is 313 g/mol. The van der Waals surface area contributed by atoms with Gasteiger partial charge in [0.15, 0.2) is 0 Å². The summed E-state index contributed by atoms with van der Waals surface area (Å²) in [5.41, 5.74) is 1.71. The number of non-ortho nitro benzene ring substituents is 1. The molecule has 7 heteroatoms. The van der Waals surface area contributed by atoms with E-state index < -0.39 is 10.8 Å². The fraction of sp³-hybridized carbons (Fsp3) is 0.125. The van der Waals surface area contributed by atoms with Crippen LogP contribution in [0.1, 0.15) is 22.8 Å². The fourth-order valence-corrected chi connectivity index (χ4v) is 2.07. The summed E-state index contributed by atoms with van der Waals surface area (Å²) < 4.78 is 0. The Morgan fingerprint density at radius 1 is 1.04 bits per heavy atom. The number of rotatable bonds is 4. The smallest absolute Gasteiger partial charge is 0.269 e. The lowest BCUT2D eigenvalue weighted by atomic mass is 10.1. The third-order valence-electron chi connectivity index (χ3n) is 3.15. The Balaban J connectivity index is 2.26. The number of aryl methyl sites for hydroxylation is 1. The molecule has 2 amide bonds. The minimum atomic E-state index is -0.495. The van der Waals surface area contributed by atoms with Gasteiger partial charge in [-0.25, -0.2) is 0 Å². The first-order chi connectivity index (χ1) is 10.9. The maximum absolute atomic E-state index is 12.4. The molecule has 0 radical (unpaired) electrons. The van der Waals surface area contributed by atoms with Gasteiger partial charge in [0, 0.05) is 24.7 Å². The maximum Gasteiger partial charge on any atom is 0.269 e. The number of nitro benzene ring substituents is 1. The second-order valence-corrected chi connectivity index (χ2v) is 4.94. The molecular formula is C16H15N3O4. The highest BCUT2D eigenvalue weighted by atomic mass is 16.6. The number of amides is 2. The predicted octanol–water partition coefficient (Wildman–Crippen LogP) is 3.11. The average molecular weight is 313 g/mol. The fourth-order valence-electron chi connectivity index (χ4n) is 2.07. The van der Waals surface area contributed by atoms with E-state index in [1.807, 2.05) is 0 Å². The number of carbonyl (C=O) groups excluding carboxylic acids is 2. The van der Waals surface area contributed by atoms with Crippen molar-refractivity contribution in [3.8, 4) is 0 Å². The van der Waals surface area contributed by atoms with Gasteiger partial charge in [0.25, 0.3) is 11.6 Å². The lowest BCUT2D eigenvalue weighted by Crippen LogP contribution is -2.17. The summed E-state index contributed by atoms with van der Waals surface area (Å²) in [4.78, 5) is 33.8. The molecule has 0 heterocycles. The summed E-state index contributed by atoms with van der Waals surface area (Å²) >= 11 is 0. The zero-order valence-corrected chi connectivity index (χ0v) is 12.6. The van der Waals surface area contributed by atoms with E-state index in [-0.39, 0.29) is 11.6 Å². The molecule has 0 aliphatic rings. The molecular weight excluding hydrogens is 298 g/mol. The van der Waals surface area contributed by atoms with Gasteiger partial charge in [-0.3, -0.25) is 19.7 Å². The van der Waals surface area contributed by atoms with E-state index in [4.69, 9.17) is 0 Å². The number of para-hydroxylation sites is 1. The quantitative estimate of drug-likeness (QED) is 0.668. The Hall–Kier alpha value is -3.22. The van der Waals surface area contributed by atoms with Crippen molar-refractivity contribution in [2.24, 2.45) is 0 Å². The molecule has 2 aromatic rings. The van der Waals surface area contributed by atoms with Crippen LogP contribution in [-0.4, -0.2) is 16.7 Å². The molecule has 0 spiro atoms. The van der Waals surface area contributed by atoms with Gasteiger partial charge in [0.05, 0.1) is 16.2 Å². The lowest BCUT2D eigenvalue weighted by molar-refractivity contribution is -0.384. The number of hydrogen-bond acceptors (Lipinski definition) is 4. The molecule has 23 heavy (non-hydrogen) atoms. The first-order valence-electron chi connectivity index (χ1n) is 6.81. The molecule has 2 N–H and O–H groups in total. The van der Waals surface area contributed by atoms with E-state index in [0.717, 1.165) is 0 Å². The highest BCUT2D eigenvalue weighted by molar-refractivity contribution is 6.10. The molecule has 2 rings (SSSR count). The Labute approximate surface area is 132 Å². The van der Waals surface area contributed by atoms with Crippen molar-refractivity contribution >= 4 is 28.9 Å². The summed E-state index contributed by atoms with van der Waals surface area (Å²) in [5, 5.41) is 16.0. The van der Waals surface area contributed by atoms with E-state index in [1.54, 1.807) is 31.2 Å². The second-order valence-electron chi connectivity index (χ2n) is 4.94. The molecule has 0 aromatic heterocycles. The molecule has 0 fully saturated rings. The van der Waals surface area contributed by atoms with Crippen LogP contribution in [0.4, 0.5) is 17.1 Å². The van der Waals surface area contributed by atoms with Crippen LogP contribution in [0.15, 0.2) is 42.5 Å². The molecule has 0 aliphatic carbocycles. The number of anilines is 2. The van der Waals surface area contributed by atoms with Crippen LogP contribution < -0.4 is 10.6 Å². The van der Waals surface area contributed by atoms with Gasteiger partial charge in [-0.2, -0.15) is 0 Å². The standard InChI is InChI=1S/C16H15N3O4/c1-10-9-12(19(22)23)7-8-14(10)18-16(21)13-5-3-4-6-15(13)17-11(2)20/h3-9H,1-2H3,(H,17,20)(H,18,21). The lowest BCUT2D eigenvalue weighted by Gasteiger charge is -2.11. The SMILES string of the molecule is CC(=O)Nc1ccccc1C(=O)Nc1ccc([N+](=O)[O-])cc1C. The minimum absolute atomic E-state index is 0.0425. The van der Waals surface area contributed by atoms with Crippen LogP contribution in [0.2, 0.25) is 0 Å². The Kier molecular flexibility index (Phi) is 4.70. The number of hydrogen-bond donors (Lipinski definition) is 2. The van der Waals surface area contributed by atoms with Gasteiger partial charge in [-0.05, 0) is 30.7 Å². The van der Waals surface area contributed by atoms with Gasteiger partial charge in [-0.15, -0.1) is 0 Å².